The molecule has 0 radical (unpaired) electrons. The van der Waals surface area contributed by atoms with Crippen molar-refractivity contribution in [2.75, 3.05) is 6.61 Å². The Kier molecular flexibility index (Phi) is 7.26. The van der Waals surface area contributed by atoms with Crippen LogP contribution in [0.3, 0.4) is 0 Å². The van der Waals surface area contributed by atoms with Gasteiger partial charge in [-0.05, 0) is 32.6 Å². The summed E-state index contributed by atoms with van der Waals surface area (Å²) in [6.07, 6.45) is 3.04. The van der Waals surface area contributed by atoms with Gasteiger partial charge in [-0.3, -0.25) is 0 Å². The largest absolute Gasteiger partial charge is 0.464 e. The molecule has 0 aromatic heterocycles. The zero-order chi connectivity index (χ0) is 10.1. The van der Waals surface area contributed by atoms with Crippen LogP contribution in [-0.4, -0.2) is 18.7 Å². The van der Waals surface area contributed by atoms with E-state index in [4.69, 9.17) is 0 Å². The van der Waals surface area contributed by atoms with Crippen LogP contribution in [0.25, 0.3) is 0 Å². The summed E-state index contributed by atoms with van der Waals surface area (Å²) in [6, 6.07) is 0. The van der Waals surface area contributed by atoms with Crippen molar-refractivity contribution < 1.29 is 13.9 Å². The molecule has 0 heterocycles. The van der Waals surface area contributed by atoms with Gasteiger partial charge >= 0.3 is 5.97 Å². The lowest BCUT2D eigenvalue weighted by Crippen LogP contribution is -2.18. The van der Waals surface area contributed by atoms with Crippen LogP contribution >= 0.6 is 0 Å². The first-order valence-corrected chi connectivity index (χ1v) is 4.64. The van der Waals surface area contributed by atoms with Crippen molar-refractivity contribution in [1.82, 2.24) is 0 Å². The fourth-order valence-electron chi connectivity index (χ4n) is 0.963. The summed E-state index contributed by atoms with van der Waals surface area (Å²) < 4.78 is 17.4. The molecule has 1 unspecified atom stereocenters. The normalized spacial score (nSPS) is 12.2. The molecule has 0 aromatic rings. The molecule has 0 amide bonds. The molecule has 0 aliphatic heterocycles. The number of carbonyl (C=O) groups is 1. The van der Waals surface area contributed by atoms with Crippen LogP contribution < -0.4 is 0 Å². The van der Waals surface area contributed by atoms with Gasteiger partial charge in [0.05, 0.1) is 6.61 Å². The van der Waals surface area contributed by atoms with E-state index in [0.29, 0.717) is 6.42 Å². The van der Waals surface area contributed by atoms with E-state index in [-0.39, 0.29) is 13.0 Å². The fourth-order valence-corrected chi connectivity index (χ4v) is 0.963. The van der Waals surface area contributed by atoms with Crippen LogP contribution in [0, 0.1) is 0 Å². The van der Waals surface area contributed by atoms with Gasteiger partial charge in [0.25, 0.3) is 0 Å². The molecule has 0 N–H and O–H groups in total. The van der Waals surface area contributed by atoms with Gasteiger partial charge in [-0.15, -0.1) is 6.58 Å². The van der Waals surface area contributed by atoms with Gasteiger partial charge in [-0.1, -0.05) is 6.08 Å². The predicted octanol–water partition coefficient (Wildman–Crippen LogP) is 2.63. The first-order chi connectivity index (χ1) is 6.22. The maximum Gasteiger partial charge on any atom is 0.340 e. The van der Waals surface area contributed by atoms with E-state index in [1.807, 2.05) is 0 Å². The number of hydrogen-bond donors (Lipinski definition) is 0. The fraction of sp³-hybridized carbons (Fsp3) is 0.700. The van der Waals surface area contributed by atoms with Crippen LogP contribution in [0.5, 0.6) is 0 Å². The molecule has 0 aromatic carbocycles. The van der Waals surface area contributed by atoms with E-state index < -0.39 is 12.1 Å². The van der Waals surface area contributed by atoms with Crippen LogP contribution in [-0.2, 0) is 9.53 Å². The Morgan fingerprint density at radius 3 is 2.85 bits per heavy atom. The number of ether oxygens (including phenoxy) is 1. The van der Waals surface area contributed by atoms with Crippen molar-refractivity contribution in [1.29, 1.82) is 0 Å². The summed E-state index contributed by atoms with van der Waals surface area (Å²) in [5.74, 6) is -0.735. The van der Waals surface area contributed by atoms with Gasteiger partial charge in [0.1, 0.15) is 0 Å². The topological polar surface area (TPSA) is 26.3 Å². The summed E-state index contributed by atoms with van der Waals surface area (Å²) in [4.78, 5) is 10.8. The van der Waals surface area contributed by atoms with E-state index in [1.54, 1.807) is 13.0 Å². The number of unbranched alkanes of at least 4 members (excludes halogenated alkanes) is 2. The molecule has 0 saturated heterocycles. The minimum atomic E-state index is -1.45. The minimum absolute atomic E-state index is 0.242. The first-order valence-electron chi connectivity index (χ1n) is 4.64. The van der Waals surface area contributed by atoms with Crippen molar-refractivity contribution in [3.05, 3.63) is 12.7 Å². The first kappa shape index (κ1) is 12.1. The summed E-state index contributed by atoms with van der Waals surface area (Å²) in [5, 5.41) is 0. The third-order valence-electron chi connectivity index (χ3n) is 1.66. The number of halogens is 1. The third-order valence-corrected chi connectivity index (χ3v) is 1.66. The van der Waals surface area contributed by atoms with E-state index in [9.17, 15) is 9.18 Å². The molecule has 0 bridgehead atoms. The van der Waals surface area contributed by atoms with E-state index >= 15 is 0 Å². The zero-order valence-corrected chi connectivity index (χ0v) is 8.09. The van der Waals surface area contributed by atoms with Gasteiger partial charge in [0.2, 0.25) is 0 Å². The van der Waals surface area contributed by atoms with Gasteiger partial charge in [0, 0.05) is 0 Å². The molecule has 0 saturated carbocycles. The lowest BCUT2D eigenvalue weighted by molar-refractivity contribution is -0.149. The Hall–Kier alpha value is -0.860. The summed E-state index contributed by atoms with van der Waals surface area (Å²) in [6.45, 7) is 5.47. The van der Waals surface area contributed by atoms with E-state index in [2.05, 4.69) is 11.3 Å². The Morgan fingerprint density at radius 2 is 2.31 bits per heavy atom. The summed E-state index contributed by atoms with van der Waals surface area (Å²) >= 11 is 0. The second-order valence-electron chi connectivity index (χ2n) is 2.79. The Labute approximate surface area is 78.8 Å². The van der Waals surface area contributed by atoms with E-state index in [0.717, 1.165) is 12.8 Å². The monoisotopic (exact) mass is 188 g/mol. The Bertz CT molecular complexity index is 157. The maximum atomic E-state index is 12.9. The minimum Gasteiger partial charge on any atom is -0.464 e. The smallest absolute Gasteiger partial charge is 0.340 e. The molecule has 2 nitrogen and oxygen atoms in total. The number of allylic oxidation sites excluding steroid dienone is 1. The van der Waals surface area contributed by atoms with Gasteiger partial charge in [0.15, 0.2) is 6.17 Å². The highest BCUT2D eigenvalue weighted by molar-refractivity contribution is 5.74. The van der Waals surface area contributed by atoms with Crippen molar-refractivity contribution in [3.63, 3.8) is 0 Å². The van der Waals surface area contributed by atoms with Crippen LogP contribution in [0.1, 0.15) is 32.6 Å². The van der Waals surface area contributed by atoms with Gasteiger partial charge < -0.3 is 4.74 Å². The molecule has 13 heavy (non-hydrogen) atoms. The predicted molar refractivity (Wildman–Crippen MR) is 50.2 cm³/mol. The number of esters is 1. The van der Waals surface area contributed by atoms with Gasteiger partial charge in [-0.2, -0.15) is 0 Å². The number of carbonyl (C=O) groups excluding carboxylic acids is 1. The molecular weight excluding hydrogens is 171 g/mol. The highest BCUT2D eigenvalue weighted by Crippen LogP contribution is 2.08. The lowest BCUT2D eigenvalue weighted by Gasteiger charge is -2.06. The Morgan fingerprint density at radius 1 is 1.62 bits per heavy atom. The van der Waals surface area contributed by atoms with Gasteiger partial charge in [-0.25, -0.2) is 9.18 Å². The third kappa shape index (κ3) is 6.31. The molecule has 0 aliphatic carbocycles. The molecule has 76 valence electrons. The average Bonchev–Trinajstić information content (AvgIpc) is 2.12. The van der Waals surface area contributed by atoms with Crippen LogP contribution in [0.4, 0.5) is 4.39 Å². The highest BCUT2D eigenvalue weighted by Gasteiger charge is 2.17. The van der Waals surface area contributed by atoms with Crippen LogP contribution in [0.2, 0.25) is 0 Å². The average molecular weight is 188 g/mol. The standard InChI is InChI=1S/C10H17FO2/c1-3-5-6-7-8-9(11)10(12)13-4-2/h3,9H,1,4-8H2,2H3. The number of alkyl halides is 1. The summed E-state index contributed by atoms with van der Waals surface area (Å²) in [7, 11) is 0. The highest BCUT2D eigenvalue weighted by atomic mass is 19.1. The molecular formula is C10H17FO2. The molecule has 3 heteroatoms. The quantitative estimate of drug-likeness (QED) is 0.349. The second kappa shape index (κ2) is 7.77. The maximum absolute atomic E-state index is 12.9. The van der Waals surface area contributed by atoms with E-state index in [1.165, 1.54) is 0 Å². The molecule has 0 spiro atoms. The van der Waals surface area contributed by atoms with Crippen molar-refractivity contribution in [2.24, 2.45) is 0 Å². The lowest BCUT2D eigenvalue weighted by atomic mass is 10.1. The summed E-state index contributed by atoms with van der Waals surface area (Å²) in [5.41, 5.74) is 0. The molecule has 0 fully saturated rings. The van der Waals surface area contributed by atoms with Crippen molar-refractivity contribution in [2.45, 2.75) is 38.8 Å². The SMILES string of the molecule is C=CCCCCC(F)C(=O)OCC. The molecule has 0 rings (SSSR count). The number of rotatable bonds is 7. The van der Waals surface area contributed by atoms with Crippen molar-refractivity contribution in [3.8, 4) is 0 Å². The Balaban J connectivity index is 3.43. The van der Waals surface area contributed by atoms with Crippen LogP contribution in [0.15, 0.2) is 12.7 Å². The number of hydrogen-bond acceptors (Lipinski definition) is 2. The second-order valence-corrected chi connectivity index (χ2v) is 2.79. The zero-order valence-electron chi connectivity index (χ0n) is 8.09. The van der Waals surface area contributed by atoms with Crippen molar-refractivity contribution >= 4 is 5.97 Å². The molecule has 1 atom stereocenters. The molecule has 0 aliphatic rings.